The summed E-state index contributed by atoms with van der Waals surface area (Å²) in [5, 5.41) is 0. The Kier molecular flexibility index (Phi) is 6.09. The number of rotatable bonds is 6. The van der Waals surface area contributed by atoms with Gasteiger partial charge in [0.1, 0.15) is 0 Å². The summed E-state index contributed by atoms with van der Waals surface area (Å²) < 4.78 is 37.5. The molecule has 0 N–H and O–H groups in total. The van der Waals surface area contributed by atoms with Gasteiger partial charge in [0.05, 0.1) is 18.2 Å². The molecule has 6 heteroatoms. The third kappa shape index (κ3) is 4.20. The monoisotopic (exact) mass is 396 g/mol. The van der Waals surface area contributed by atoms with Gasteiger partial charge in [-0.2, -0.15) is 0 Å². The van der Waals surface area contributed by atoms with Crippen molar-refractivity contribution in [3.05, 3.63) is 63.6 Å². The summed E-state index contributed by atoms with van der Waals surface area (Å²) in [4.78, 5) is 12.1. The van der Waals surface area contributed by atoms with E-state index in [4.69, 9.17) is 9.47 Å². The molecule has 0 amide bonds. The largest absolute Gasteiger partial charge is 0.492 e. The molecule has 0 heterocycles. The number of hydrogen-bond donors (Lipinski definition) is 0. The van der Waals surface area contributed by atoms with Crippen molar-refractivity contribution in [3.63, 3.8) is 0 Å². The highest BCUT2D eigenvalue weighted by Gasteiger charge is 2.11. The van der Waals surface area contributed by atoms with Crippen LogP contribution in [0.3, 0.4) is 0 Å². The van der Waals surface area contributed by atoms with Crippen LogP contribution >= 0.6 is 15.9 Å². The van der Waals surface area contributed by atoms with Crippen LogP contribution in [0.15, 0.2) is 40.9 Å². The van der Waals surface area contributed by atoms with Crippen molar-refractivity contribution < 1.29 is 23.0 Å². The van der Waals surface area contributed by atoms with Crippen LogP contribution in [0.4, 0.5) is 8.78 Å². The minimum atomic E-state index is -1.06. The first-order valence-electron chi connectivity index (χ1n) is 7.14. The van der Waals surface area contributed by atoms with Gasteiger partial charge in [-0.05, 0) is 64.8 Å². The molecule has 2 rings (SSSR count). The number of hydrogen-bond acceptors (Lipinski definition) is 3. The Bertz CT molecular complexity index is 788. The van der Waals surface area contributed by atoms with E-state index in [1.807, 2.05) is 6.92 Å². The van der Waals surface area contributed by atoms with Gasteiger partial charge in [0.25, 0.3) is 0 Å². The van der Waals surface area contributed by atoms with Gasteiger partial charge < -0.3 is 9.47 Å². The Hall–Kier alpha value is -2.21. The SMILES string of the molecule is CCOc1cc(/C=C/C(=O)c2ccc(F)c(F)c2)cc(Br)c1OC. The third-order valence-electron chi connectivity index (χ3n) is 3.17. The van der Waals surface area contributed by atoms with Crippen LogP contribution in [0, 0.1) is 11.6 Å². The van der Waals surface area contributed by atoms with Gasteiger partial charge in [-0.15, -0.1) is 0 Å². The van der Waals surface area contributed by atoms with Gasteiger partial charge in [-0.25, -0.2) is 8.78 Å². The Labute approximate surface area is 147 Å². The number of carbonyl (C=O) groups is 1. The number of methoxy groups -OCH3 is 1. The van der Waals surface area contributed by atoms with Gasteiger partial charge in [-0.1, -0.05) is 6.08 Å². The molecule has 2 aromatic rings. The van der Waals surface area contributed by atoms with Crippen molar-refractivity contribution in [2.45, 2.75) is 6.92 Å². The number of allylic oxidation sites excluding steroid dienone is 1. The summed E-state index contributed by atoms with van der Waals surface area (Å²) in [7, 11) is 1.53. The lowest BCUT2D eigenvalue weighted by Crippen LogP contribution is -1.98. The van der Waals surface area contributed by atoms with Gasteiger partial charge >= 0.3 is 0 Å². The van der Waals surface area contributed by atoms with E-state index in [0.717, 1.165) is 12.1 Å². The Morgan fingerprint density at radius 1 is 1.21 bits per heavy atom. The molecule has 0 aliphatic rings. The van der Waals surface area contributed by atoms with Crippen molar-refractivity contribution in [1.29, 1.82) is 0 Å². The molecule has 0 saturated carbocycles. The molecule has 0 atom stereocenters. The predicted molar refractivity (Wildman–Crippen MR) is 91.6 cm³/mol. The minimum Gasteiger partial charge on any atom is -0.492 e. The molecule has 0 aromatic heterocycles. The fourth-order valence-corrected chi connectivity index (χ4v) is 2.68. The van der Waals surface area contributed by atoms with Crippen molar-refractivity contribution in [2.24, 2.45) is 0 Å². The van der Waals surface area contributed by atoms with Gasteiger partial charge in [0.2, 0.25) is 0 Å². The van der Waals surface area contributed by atoms with Crippen LogP contribution in [0.5, 0.6) is 11.5 Å². The van der Waals surface area contributed by atoms with E-state index in [9.17, 15) is 13.6 Å². The molecular formula is C18H15BrF2O3. The molecule has 0 bridgehead atoms. The zero-order valence-corrected chi connectivity index (χ0v) is 14.7. The number of ether oxygens (including phenoxy) is 2. The Morgan fingerprint density at radius 2 is 1.96 bits per heavy atom. The van der Waals surface area contributed by atoms with E-state index in [2.05, 4.69) is 15.9 Å². The number of carbonyl (C=O) groups excluding carboxylic acids is 1. The second kappa shape index (κ2) is 8.06. The molecular weight excluding hydrogens is 382 g/mol. The zero-order valence-electron chi connectivity index (χ0n) is 13.1. The molecule has 0 fully saturated rings. The van der Waals surface area contributed by atoms with Gasteiger partial charge in [-0.3, -0.25) is 4.79 Å². The van der Waals surface area contributed by atoms with E-state index in [1.165, 1.54) is 19.3 Å². The van der Waals surface area contributed by atoms with Crippen molar-refractivity contribution >= 4 is 27.8 Å². The molecule has 0 spiro atoms. The second-order valence-corrected chi connectivity index (χ2v) is 5.65. The third-order valence-corrected chi connectivity index (χ3v) is 3.76. The molecule has 126 valence electrons. The van der Waals surface area contributed by atoms with E-state index >= 15 is 0 Å². The fourth-order valence-electron chi connectivity index (χ4n) is 2.06. The van der Waals surface area contributed by atoms with Gasteiger partial charge in [0, 0.05) is 5.56 Å². The summed E-state index contributed by atoms with van der Waals surface area (Å²) in [6.45, 7) is 2.31. The zero-order chi connectivity index (χ0) is 17.7. The first-order chi connectivity index (χ1) is 11.5. The van der Waals surface area contributed by atoms with Crippen LogP contribution in [0.2, 0.25) is 0 Å². The standard InChI is InChI=1S/C18H15BrF2O3/c1-3-24-17-9-11(8-13(19)18(17)23-2)4-7-16(22)12-5-6-14(20)15(21)10-12/h4-10H,3H2,1-2H3/b7-4+. The summed E-state index contributed by atoms with van der Waals surface area (Å²) in [5.41, 5.74) is 0.768. The van der Waals surface area contributed by atoms with Gasteiger partial charge in [0.15, 0.2) is 28.9 Å². The lowest BCUT2D eigenvalue weighted by atomic mass is 10.1. The number of benzene rings is 2. The maximum atomic E-state index is 13.2. The topological polar surface area (TPSA) is 35.5 Å². The summed E-state index contributed by atoms with van der Waals surface area (Å²) >= 11 is 3.38. The Morgan fingerprint density at radius 3 is 2.58 bits per heavy atom. The second-order valence-electron chi connectivity index (χ2n) is 4.79. The molecule has 0 radical (unpaired) electrons. The highest BCUT2D eigenvalue weighted by Crippen LogP contribution is 2.36. The van der Waals surface area contributed by atoms with Crippen LogP contribution in [-0.4, -0.2) is 19.5 Å². The molecule has 0 saturated heterocycles. The number of ketones is 1. The molecule has 24 heavy (non-hydrogen) atoms. The molecule has 0 unspecified atom stereocenters. The van der Waals surface area contributed by atoms with Crippen molar-refractivity contribution in [1.82, 2.24) is 0 Å². The smallest absolute Gasteiger partial charge is 0.185 e. The average molecular weight is 397 g/mol. The van der Waals surface area contributed by atoms with E-state index in [0.29, 0.717) is 28.1 Å². The average Bonchev–Trinajstić information content (AvgIpc) is 2.55. The highest BCUT2D eigenvalue weighted by atomic mass is 79.9. The fraction of sp³-hybridized carbons (Fsp3) is 0.167. The molecule has 3 nitrogen and oxygen atoms in total. The first kappa shape index (κ1) is 18.1. The van der Waals surface area contributed by atoms with Crippen LogP contribution in [0.1, 0.15) is 22.8 Å². The van der Waals surface area contributed by atoms with Crippen LogP contribution in [0.25, 0.3) is 6.08 Å². The number of halogens is 3. The maximum absolute atomic E-state index is 13.2. The van der Waals surface area contributed by atoms with E-state index in [1.54, 1.807) is 18.2 Å². The molecule has 2 aromatic carbocycles. The summed E-state index contributed by atoms with van der Waals surface area (Å²) in [6.07, 6.45) is 2.85. The van der Waals surface area contributed by atoms with Crippen molar-refractivity contribution in [3.8, 4) is 11.5 Å². The molecule has 0 aliphatic carbocycles. The highest BCUT2D eigenvalue weighted by molar-refractivity contribution is 9.10. The van der Waals surface area contributed by atoms with Crippen LogP contribution < -0.4 is 9.47 Å². The van der Waals surface area contributed by atoms with Crippen molar-refractivity contribution in [2.75, 3.05) is 13.7 Å². The summed E-state index contributed by atoms with van der Waals surface area (Å²) in [5.74, 6) is -1.38. The lowest BCUT2D eigenvalue weighted by Gasteiger charge is -2.12. The maximum Gasteiger partial charge on any atom is 0.185 e. The first-order valence-corrected chi connectivity index (χ1v) is 7.93. The normalized spacial score (nSPS) is 10.9. The summed E-state index contributed by atoms with van der Waals surface area (Å²) in [6, 6.07) is 6.52. The van der Waals surface area contributed by atoms with Crippen LogP contribution in [-0.2, 0) is 0 Å². The minimum absolute atomic E-state index is 0.0720. The Balaban J connectivity index is 2.27. The predicted octanol–water partition coefficient (Wildman–Crippen LogP) is 5.03. The quantitative estimate of drug-likeness (QED) is 0.507. The van der Waals surface area contributed by atoms with E-state index < -0.39 is 17.4 Å². The van der Waals surface area contributed by atoms with E-state index in [-0.39, 0.29) is 5.56 Å². The lowest BCUT2D eigenvalue weighted by molar-refractivity contribution is 0.104. The molecule has 0 aliphatic heterocycles.